The zero-order chi connectivity index (χ0) is 18.6. The minimum Gasteiger partial charge on any atom is -0.350 e. The monoisotopic (exact) mass is 427 g/mol. The molecule has 0 radical (unpaired) electrons. The average Bonchev–Trinajstić information content (AvgIpc) is 2.72. The van der Waals surface area contributed by atoms with Crippen molar-refractivity contribution >= 4 is 32.7 Å². The number of carbonyl (C=O) groups is 1. The fourth-order valence-corrected chi connectivity index (χ4v) is 3.28. The third kappa shape index (κ3) is 4.16. The largest absolute Gasteiger partial charge is 0.350 e. The fraction of sp³-hybridized carbons (Fsp3) is 0.250. The highest BCUT2D eigenvalue weighted by Crippen LogP contribution is 2.25. The van der Waals surface area contributed by atoms with E-state index in [1.807, 2.05) is 24.3 Å². The van der Waals surface area contributed by atoms with Crippen LogP contribution in [0.4, 0.5) is 0 Å². The number of hydrogen-bond donors (Lipinski definition) is 1. The van der Waals surface area contributed by atoms with Crippen LogP contribution in [0.5, 0.6) is 0 Å². The zero-order valence-electron chi connectivity index (χ0n) is 14.5. The van der Waals surface area contributed by atoms with Crippen LogP contribution >= 0.6 is 15.9 Å². The first kappa shape index (κ1) is 18.0. The Bertz CT molecular complexity index is 956. The van der Waals surface area contributed by atoms with Crippen molar-refractivity contribution in [2.75, 3.05) is 6.61 Å². The lowest BCUT2D eigenvalue weighted by Gasteiger charge is -2.22. The van der Waals surface area contributed by atoms with E-state index in [-0.39, 0.29) is 5.91 Å². The molecule has 138 valence electrons. The lowest BCUT2D eigenvalue weighted by Crippen LogP contribution is -2.33. The van der Waals surface area contributed by atoms with Crippen molar-refractivity contribution in [1.82, 2.24) is 15.4 Å². The second kappa shape index (κ2) is 8.12. The molecule has 1 unspecified atom stereocenters. The number of nitrogens with zero attached hydrogens (tertiary/aromatic N) is 2. The lowest BCUT2D eigenvalue weighted by atomic mass is 10.0. The minimum absolute atomic E-state index is 0.332. The van der Waals surface area contributed by atoms with Crippen LogP contribution in [0.25, 0.3) is 22.2 Å². The summed E-state index contributed by atoms with van der Waals surface area (Å²) in [5.74, 6) is -0.332. The molecular formula is C20H18BrN3O3. The molecular weight excluding hydrogens is 410 g/mol. The van der Waals surface area contributed by atoms with Gasteiger partial charge in [-0.3, -0.25) is 9.78 Å². The van der Waals surface area contributed by atoms with E-state index in [1.54, 1.807) is 24.5 Å². The Morgan fingerprint density at radius 2 is 2.07 bits per heavy atom. The number of pyridine rings is 2. The van der Waals surface area contributed by atoms with Gasteiger partial charge < -0.3 is 4.74 Å². The van der Waals surface area contributed by atoms with Crippen molar-refractivity contribution in [3.8, 4) is 11.3 Å². The van der Waals surface area contributed by atoms with Crippen molar-refractivity contribution < 1.29 is 14.4 Å². The number of fused-ring (bicyclic) bond motifs is 1. The second-order valence-electron chi connectivity index (χ2n) is 6.30. The average molecular weight is 428 g/mol. The van der Waals surface area contributed by atoms with Crippen molar-refractivity contribution in [2.45, 2.75) is 25.6 Å². The number of halogens is 1. The number of ether oxygens (including phenoxy) is 1. The van der Waals surface area contributed by atoms with Crippen LogP contribution in [0, 0.1) is 0 Å². The molecule has 1 saturated heterocycles. The van der Waals surface area contributed by atoms with Crippen LogP contribution in [0.1, 0.15) is 29.6 Å². The van der Waals surface area contributed by atoms with E-state index in [1.165, 1.54) is 0 Å². The third-order valence-corrected chi connectivity index (χ3v) is 4.95. The van der Waals surface area contributed by atoms with E-state index in [9.17, 15) is 4.79 Å². The number of nitrogens with one attached hydrogen (secondary N) is 1. The molecule has 1 aliphatic heterocycles. The number of rotatable bonds is 4. The maximum absolute atomic E-state index is 12.8. The topological polar surface area (TPSA) is 73.3 Å². The molecule has 7 heteroatoms. The van der Waals surface area contributed by atoms with Gasteiger partial charge in [0.05, 0.1) is 23.0 Å². The molecule has 27 heavy (non-hydrogen) atoms. The molecule has 0 aliphatic carbocycles. The Kier molecular flexibility index (Phi) is 5.42. The fourth-order valence-electron chi connectivity index (χ4n) is 3.01. The molecule has 4 rings (SSSR count). The second-order valence-corrected chi connectivity index (χ2v) is 7.22. The van der Waals surface area contributed by atoms with Gasteiger partial charge >= 0.3 is 0 Å². The maximum atomic E-state index is 12.8. The van der Waals surface area contributed by atoms with E-state index in [4.69, 9.17) is 9.57 Å². The number of benzene rings is 1. The first-order chi connectivity index (χ1) is 13.2. The summed E-state index contributed by atoms with van der Waals surface area (Å²) in [6.07, 6.45) is 5.71. The molecule has 0 spiro atoms. The molecule has 6 nitrogen and oxygen atoms in total. The van der Waals surface area contributed by atoms with Crippen molar-refractivity contribution in [2.24, 2.45) is 0 Å². The van der Waals surface area contributed by atoms with Crippen molar-refractivity contribution in [3.05, 3.63) is 58.8 Å². The highest BCUT2D eigenvalue weighted by molar-refractivity contribution is 9.10. The predicted octanol–water partition coefficient (Wildman–Crippen LogP) is 4.25. The molecule has 1 fully saturated rings. The molecule has 3 aromatic rings. The van der Waals surface area contributed by atoms with E-state index in [0.29, 0.717) is 23.4 Å². The van der Waals surface area contributed by atoms with Crippen LogP contribution in [-0.4, -0.2) is 28.8 Å². The molecule has 0 saturated carbocycles. The standard InChI is InChI=1S/C20H18BrN3O3/c21-14-6-4-13(5-7-14)17-11-16(15-8-9-22-12-18(15)23-17)20(25)24-27-19-3-1-2-10-26-19/h4-9,11-12,19H,1-3,10H2,(H,24,25). The lowest BCUT2D eigenvalue weighted by molar-refractivity contribution is -0.186. The summed E-state index contributed by atoms with van der Waals surface area (Å²) < 4.78 is 6.47. The van der Waals surface area contributed by atoms with Crippen LogP contribution in [0.3, 0.4) is 0 Å². The van der Waals surface area contributed by atoms with Crippen LogP contribution in [0.15, 0.2) is 53.3 Å². The molecule has 0 bridgehead atoms. The zero-order valence-corrected chi connectivity index (χ0v) is 16.1. The molecule has 2 aromatic heterocycles. The number of aromatic nitrogens is 2. The van der Waals surface area contributed by atoms with Gasteiger partial charge in [0.2, 0.25) is 0 Å². The molecule has 1 amide bonds. The molecule has 1 N–H and O–H groups in total. The smallest absolute Gasteiger partial charge is 0.275 e. The number of hydroxylamine groups is 1. The van der Waals surface area contributed by atoms with Crippen molar-refractivity contribution in [3.63, 3.8) is 0 Å². The van der Waals surface area contributed by atoms with Gasteiger partial charge in [0.1, 0.15) is 0 Å². The Labute approximate surface area is 165 Å². The first-order valence-electron chi connectivity index (χ1n) is 8.79. The summed E-state index contributed by atoms with van der Waals surface area (Å²) in [5.41, 5.74) is 5.27. The SMILES string of the molecule is O=C(NOC1CCCCO1)c1cc(-c2ccc(Br)cc2)nc2cnccc12. The van der Waals surface area contributed by atoms with E-state index in [0.717, 1.165) is 34.7 Å². The Balaban J connectivity index is 1.65. The Hall–Kier alpha value is -2.35. The molecule has 1 atom stereocenters. The van der Waals surface area contributed by atoms with Gasteiger partial charge in [-0.15, -0.1) is 0 Å². The Morgan fingerprint density at radius 3 is 2.85 bits per heavy atom. The van der Waals surface area contributed by atoms with Gasteiger partial charge in [-0.2, -0.15) is 0 Å². The third-order valence-electron chi connectivity index (χ3n) is 4.42. The van der Waals surface area contributed by atoms with Crippen LogP contribution in [0.2, 0.25) is 0 Å². The van der Waals surface area contributed by atoms with E-state index in [2.05, 4.69) is 31.4 Å². The quantitative estimate of drug-likeness (QED) is 0.630. The summed E-state index contributed by atoms with van der Waals surface area (Å²) in [7, 11) is 0. The van der Waals surface area contributed by atoms with Gasteiger partial charge in [0.25, 0.3) is 5.91 Å². The van der Waals surface area contributed by atoms with E-state index >= 15 is 0 Å². The first-order valence-corrected chi connectivity index (χ1v) is 9.58. The molecule has 3 heterocycles. The number of amides is 1. The molecule has 1 aliphatic rings. The maximum Gasteiger partial charge on any atom is 0.275 e. The highest BCUT2D eigenvalue weighted by Gasteiger charge is 2.18. The summed E-state index contributed by atoms with van der Waals surface area (Å²) in [5, 5.41) is 0.719. The predicted molar refractivity (Wildman–Crippen MR) is 105 cm³/mol. The highest BCUT2D eigenvalue weighted by atomic mass is 79.9. The number of hydrogen-bond acceptors (Lipinski definition) is 5. The van der Waals surface area contributed by atoms with Gasteiger partial charge in [-0.05, 0) is 37.1 Å². The van der Waals surface area contributed by atoms with Crippen LogP contribution < -0.4 is 5.48 Å². The van der Waals surface area contributed by atoms with E-state index < -0.39 is 6.29 Å². The van der Waals surface area contributed by atoms with Crippen LogP contribution in [-0.2, 0) is 9.57 Å². The summed E-state index contributed by atoms with van der Waals surface area (Å²) in [6.45, 7) is 0.651. The Morgan fingerprint density at radius 1 is 1.22 bits per heavy atom. The summed E-state index contributed by atoms with van der Waals surface area (Å²) in [6, 6.07) is 11.3. The number of carbonyl (C=O) groups excluding carboxylic acids is 1. The van der Waals surface area contributed by atoms with Gasteiger partial charge in [-0.1, -0.05) is 28.1 Å². The van der Waals surface area contributed by atoms with Crippen molar-refractivity contribution in [1.29, 1.82) is 0 Å². The molecule has 1 aromatic carbocycles. The summed E-state index contributed by atoms with van der Waals surface area (Å²) in [4.78, 5) is 27.0. The summed E-state index contributed by atoms with van der Waals surface area (Å²) >= 11 is 3.43. The van der Waals surface area contributed by atoms with Gasteiger partial charge in [0, 0.05) is 34.6 Å². The van der Waals surface area contributed by atoms with Gasteiger partial charge in [0.15, 0.2) is 6.29 Å². The minimum atomic E-state index is -0.400. The van der Waals surface area contributed by atoms with Gasteiger partial charge in [-0.25, -0.2) is 15.3 Å². The normalized spacial score (nSPS) is 17.0.